The van der Waals surface area contributed by atoms with Crippen molar-refractivity contribution < 1.29 is 24.9 Å². The van der Waals surface area contributed by atoms with E-state index >= 15 is 0 Å². The normalized spacial score (nSPS) is 10.4. The molecule has 0 saturated carbocycles. The lowest BCUT2D eigenvalue weighted by Gasteiger charge is -2.20. The number of aliphatic hydroxyl groups excluding tert-OH is 3. The van der Waals surface area contributed by atoms with E-state index in [4.69, 9.17) is 15.3 Å². The second-order valence-corrected chi connectivity index (χ2v) is 5.16. The number of carbonyl (C=O) groups is 2. The number of aldehydes is 2. The number of hydrogen-bond acceptors (Lipinski definition) is 5. The molecule has 6 heteroatoms. The fourth-order valence-corrected chi connectivity index (χ4v) is 1.35. The van der Waals surface area contributed by atoms with Gasteiger partial charge >= 0.3 is 0 Å². The molecule has 0 aliphatic carbocycles. The van der Waals surface area contributed by atoms with E-state index in [0.717, 1.165) is 12.6 Å². The van der Waals surface area contributed by atoms with E-state index in [1.807, 2.05) is 0 Å². The van der Waals surface area contributed by atoms with Gasteiger partial charge in [0.2, 0.25) is 0 Å². The van der Waals surface area contributed by atoms with Gasteiger partial charge < -0.3 is 15.3 Å². The molecule has 5 nitrogen and oxygen atoms in total. The zero-order valence-electron chi connectivity index (χ0n) is 10.5. The molecule has 0 heterocycles. The van der Waals surface area contributed by atoms with Crippen molar-refractivity contribution in [1.82, 2.24) is 0 Å². The Kier molecular flexibility index (Phi) is 8.42. The Labute approximate surface area is 120 Å². The van der Waals surface area contributed by atoms with Gasteiger partial charge in [-0.25, -0.2) is 0 Å². The molecule has 0 aromatic heterocycles. The lowest BCUT2D eigenvalue weighted by molar-refractivity contribution is 0.0200. The summed E-state index contributed by atoms with van der Waals surface area (Å²) in [5.74, 6) is 0. The molecule has 1 aromatic rings. The van der Waals surface area contributed by atoms with Crippen LogP contribution in [0.1, 0.15) is 27.6 Å². The summed E-state index contributed by atoms with van der Waals surface area (Å²) in [6.07, 6.45) is 1.47. The summed E-state index contributed by atoms with van der Waals surface area (Å²) in [6, 6.07) is 4.80. The number of benzene rings is 1. The molecule has 0 radical (unpaired) electrons. The molecule has 0 amide bonds. The van der Waals surface area contributed by atoms with Crippen molar-refractivity contribution in [3.63, 3.8) is 0 Å². The molecule has 0 saturated heterocycles. The second kappa shape index (κ2) is 8.92. The van der Waals surface area contributed by atoms with E-state index < -0.39 is 5.41 Å². The molecule has 0 bridgehead atoms. The van der Waals surface area contributed by atoms with Crippen LogP contribution in [0.3, 0.4) is 0 Å². The molecule has 0 fully saturated rings. The molecule has 106 valence electrons. The number of hydrogen-bond donors (Lipinski definition) is 3. The van der Waals surface area contributed by atoms with Gasteiger partial charge in [-0.1, -0.05) is 28.9 Å². The van der Waals surface area contributed by atoms with Crippen molar-refractivity contribution in [1.29, 1.82) is 0 Å². The highest BCUT2D eigenvalue weighted by Gasteiger charge is 2.20. The SMILES string of the molecule is CC(CO)(CO)CO.O=Cc1ccc(C=O)c(Br)c1. The Bertz CT molecular complexity index is 407. The molecule has 0 unspecified atom stereocenters. The largest absolute Gasteiger partial charge is 0.396 e. The molecular weight excluding hydrogens is 316 g/mol. The summed E-state index contributed by atoms with van der Waals surface area (Å²) in [5, 5.41) is 25.4. The van der Waals surface area contributed by atoms with Gasteiger partial charge in [-0.2, -0.15) is 0 Å². The highest BCUT2D eigenvalue weighted by molar-refractivity contribution is 9.10. The van der Waals surface area contributed by atoms with Crippen molar-refractivity contribution in [3.8, 4) is 0 Å². The minimum atomic E-state index is -0.708. The molecular formula is C13H17BrO5. The minimum Gasteiger partial charge on any atom is -0.396 e. The molecule has 1 aromatic carbocycles. The molecule has 1 rings (SSSR count). The number of aliphatic hydroxyl groups is 3. The van der Waals surface area contributed by atoms with Crippen LogP contribution < -0.4 is 0 Å². The molecule has 0 aliphatic rings. The summed E-state index contributed by atoms with van der Waals surface area (Å²) < 4.78 is 0.650. The van der Waals surface area contributed by atoms with Crippen LogP contribution >= 0.6 is 15.9 Å². The van der Waals surface area contributed by atoms with Crippen LogP contribution in [0, 0.1) is 5.41 Å². The summed E-state index contributed by atoms with van der Waals surface area (Å²) in [6.45, 7) is 1.06. The minimum absolute atomic E-state index is 0.181. The predicted molar refractivity (Wildman–Crippen MR) is 74.3 cm³/mol. The Morgan fingerprint density at radius 3 is 1.89 bits per heavy atom. The summed E-state index contributed by atoms with van der Waals surface area (Å²) in [7, 11) is 0. The van der Waals surface area contributed by atoms with E-state index in [-0.39, 0.29) is 19.8 Å². The second-order valence-electron chi connectivity index (χ2n) is 4.30. The highest BCUT2D eigenvalue weighted by atomic mass is 79.9. The highest BCUT2D eigenvalue weighted by Crippen LogP contribution is 2.15. The van der Waals surface area contributed by atoms with Crippen LogP contribution in [0.15, 0.2) is 22.7 Å². The fraction of sp³-hybridized carbons (Fsp3) is 0.385. The van der Waals surface area contributed by atoms with Gasteiger partial charge in [0.1, 0.15) is 6.29 Å². The molecule has 0 spiro atoms. The molecule has 3 N–H and O–H groups in total. The van der Waals surface area contributed by atoms with Crippen molar-refractivity contribution >= 4 is 28.5 Å². The molecule has 0 aliphatic heterocycles. The number of halogens is 1. The first-order valence-electron chi connectivity index (χ1n) is 5.49. The maximum absolute atomic E-state index is 10.3. The van der Waals surface area contributed by atoms with Crippen LogP contribution in [-0.2, 0) is 0 Å². The van der Waals surface area contributed by atoms with Crippen molar-refractivity contribution in [2.75, 3.05) is 19.8 Å². The average Bonchev–Trinajstić information content (AvgIpc) is 2.47. The summed E-state index contributed by atoms with van der Waals surface area (Å²) >= 11 is 3.16. The van der Waals surface area contributed by atoms with Gasteiger partial charge in [0, 0.05) is 21.0 Å². The van der Waals surface area contributed by atoms with E-state index in [1.165, 1.54) is 0 Å². The standard InChI is InChI=1S/C8H5BrO2.C5H12O3/c9-8-3-6(4-10)1-2-7(8)5-11;1-5(2-6,3-7)4-8/h1-5H;6-8H,2-4H2,1H3. The van der Waals surface area contributed by atoms with Gasteiger partial charge in [-0.15, -0.1) is 0 Å². The first kappa shape index (κ1) is 17.9. The van der Waals surface area contributed by atoms with Crippen molar-refractivity contribution in [2.24, 2.45) is 5.41 Å². The zero-order chi connectivity index (χ0) is 14.9. The lowest BCUT2D eigenvalue weighted by Crippen LogP contribution is -2.29. The average molecular weight is 333 g/mol. The van der Waals surface area contributed by atoms with E-state index in [9.17, 15) is 9.59 Å². The summed E-state index contributed by atoms with van der Waals surface area (Å²) in [5.41, 5.74) is 0.401. The Morgan fingerprint density at radius 2 is 1.63 bits per heavy atom. The van der Waals surface area contributed by atoms with Crippen LogP contribution in [0.5, 0.6) is 0 Å². The van der Waals surface area contributed by atoms with Gasteiger partial charge in [-0.05, 0) is 12.1 Å². The van der Waals surface area contributed by atoms with Gasteiger partial charge in [0.15, 0.2) is 6.29 Å². The van der Waals surface area contributed by atoms with Crippen LogP contribution in [0.4, 0.5) is 0 Å². The topological polar surface area (TPSA) is 94.8 Å². The lowest BCUT2D eigenvalue weighted by atomic mass is 9.95. The maximum Gasteiger partial charge on any atom is 0.151 e. The van der Waals surface area contributed by atoms with Crippen molar-refractivity contribution in [3.05, 3.63) is 33.8 Å². The van der Waals surface area contributed by atoms with Crippen LogP contribution in [0.25, 0.3) is 0 Å². The van der Waals surface area contributed by atoms with Gasteiger partial charge in [0.05, 0.1) is 19.8 Å². The first-order valence-corrected chi connectivity index (χ1v) is 6.28. The third-order valence-electron chi connectivity index (χ3n) is 2.43. The van der Waals surface area contributed by atoms with E-state index in [2.05, 4.69) is 15.9 Å². The maximum atomic E-state index is 10.3. The number of carbonyl (C=O) groups excluding carboxylic acids is 2. The van der Waals surface area contributed by atoms with E-state index in [1.54, 1.807) is 25.1 Å². The third-order valence-corrected chi connectivity index (χ3v) is 3.12. The Morgan fingerprint density at radius 1 is 1.11 bits per heavy atom. The smallest absolute Gasteiger partial charge is 0.151 e. The monoisotopic (exact) mass is 332 g/mol. The number of rotatable bonds is 5. The first-order chi connectivity index (χ1) is 8.96. The zero-order valence-corrected chi connectivity index (χ0v) is 12.1. The Balaban J connectivity index is 0.000000362. The van der Waals surface area contributed by atoms with Crippen LogP contribution in [0.2, 0.25) is 0 Å². The van der Waals surface area contributed by atoms with Crippen LogP contribution in [-0.4, -0.2) is 47.7 Å². The quantitative estimate of drug-likeness (QED) is 0.700. The summed E-state index contributed by atoms with van der Waals surface area (Å²) in [4.78, 5) is 20.6. The molecule has 19 heavy (non-hydrogen) atoms. The van der Waals surface area contributed by atoms with E-state index in [0.29, 0.717) is 15.6 Å². The Hall–Kier alpha value is -1.08. The molecule has 0 atom stereocenters. The van der Waals surface area contributed by atoms with Gasteiger partial charge in [0.25, 0.3) is 0 Å². The third kappa shape index (κ3) is 6.07. The van der Waals surface area contributed by atoms with Crippen molar-refractivity contribution in [2.45, 2.75) is 6.92 Å². The predicted octanol–water partition coefficient (Wildman–Crippen LogP) is 1.04. The fourth-order valence-electron chi connectivity index (χ4n) is 0.862. The van der Waals surface area contributed by atoms with Gasteiger partial charge in [-0.3, -0.25) is 9.59 Å².